The fourth-order valence-electron chi connectivity index (χ4n) is 8.40. The van der Waals surface area contributed by atoms with Crippen molar-refractivity contribution in [2.75, 3.05) is 13.1 Å². The number of carbonyl (C=O) groups is 4. The Morgan fingerprint density at radius 2 is 1.72 bits per heavy atom. The highest BCUT2D eigenvalue weighted by Crippen LogP contribution is 2.50. The number of nitrogens with zero attached hydrogens (tertiary/aromatic N) is 1. The number of piperidine rings is 1. The Kier molecular flexibility index (Phi) is 10.5. The number of rotatable bonds is 1. The van der Waals surface area contributed by atoms with Crippen LogP contribution in [0.15, 0.2) is 52.5 Å². The van der Waals surface area contributed by atoms with E-state index in [1.807, 2.05) is 13.0 Å². The summed E-state index contributed by atoms with van der Waals surface area (Å²) in [6, 6.07) is 0. The molecule has 5 bridgehead atoms. The van der Waals surface area contributed by atoms with Gasteiger partial charge in [-0.15, -0.1) is 0 Å². The molecule has 1 fully saturated rings. The fourth-order valence-corrected chi connectivity index (χ4v) is 8.40. The number of fused-ring (bicyclic) bond motifs is 3. The molecule has 4 heterocycles. The normalized spacial score (nSPS) is 32.4. The lowest BCUT2D eigenvalue weighted by Crippen LogP contribution is -2.49. The molecule has 6 rings (SSSR count). The van der Waals surface area contributed by atoms with Gasteiger partial charge in [0.15, 0.2) is 0 Å². The van der Waals surface area contributed by atoms with Crippen LogP contribution in [0.5, 0.6) is 11.5 Å². The van der Waals surface area contributed by atoms with Crippen molar-refractivity contribution in [3.63, 3.8) is 0 Å². The summed E-state index contributed by atoms with van der Waals surface area (Å²) in [5.41, 5.74) is 0.474. The number of esters is 1. The number of allylic oxidation sites excluding steroid dienone is 6. The molecular formula is C41H52N4O8. The van der Waals surface area contributed by atoms with Gasteiger partial charge in [0, 0.05) is 43.4 Å². The summed E-state index contributed by atoms with van der Waals surface area (Å²) in [7, 11) is 0. The molecule has 1 spiro atoms. The largest absolute Gasteiger partial charge is 0.507 e. The lowest BCUT2D eigenvalue weighted by Gasteiger charge is -2.32. The Balaban J connectivity index is 1.46. The molecule has 1 aliphatic carbocycles. The molecule has 1 saturated heterocycles. The van der Waals surface area contributed by atoms with E-state index in [-0.39, 0.29) is 69.3 Å². The zero-order valence-electron chi connectivity index (χ0n) is 32.0. The summed E-state index contributed by atoms with van der Waals surface area (Å²) in [5, 5.41) is 21.2. The number of nitrogens with one attached hydrogen (secondary N) is 3. The van der Waals surface area contributed by atoms with Crippen LogP contribution in [0.3, 0.4) is 0 Å². The van der Waals surface area contributed by atoms with Gasteiger partial charge in [0.2, 0.25) is 5.78 Å². The molecule has 12 heteroatoms. The summed E-state index contributed by atoms with van der Waals surface area (Å²) < 4.78 is 18.1. The Hall–Kier alpha value is -4.71. The molecule has 284 valence electrons. The summed E-state index contributed by atoms with van der Waals surface area (Å²) in [6.45, 7) is 15.9. The van der Waals surface area contributed by atoms with Gasteiger partial charge in [-0.25, -0.2) is 0 Å². The van der Waals surface area contributed by atoms with Gasteiger partial charge >= 0.3 is 11.8 Å². The molecular weight excluding hydrogens is 676 g/mol. The summed E-state index contributed by atoms with van der Waals surface area (Å²) >= 11 is 0. The molecule has 6 atom stereocenters. The number of aromatic hydroxyl groups is 1. The fraction of sp³-hybridized carbons (Fsp3) is 0.537. The minimum Gasteiger partial charge on any atom is -0.507 e. The van der Waals surface area contributed by atoms with Crippen LogP contribution in [0.1, 0.15) is 112 Å². The van der Waals surface area contributed by atoms with Gasteiger partial charge in [-0.1, -0.05) is 45.9 Å². The van der Waals surface area contributed by atoms with Crippen molar-refractivity contribution < 1.29 is 38.5 Å². The molecule has 1 amide bonds. The zero-order chi connectivity index (χ0) is 38.4. The number of ketones is 2. The van der Waals surface area contributed by atoms with Crippen LogP contribution < -0.4 is 20.7 Å². The SMILES string of the molecule is CC(=O)O[C@@H]1[C@H](C)C/C=C/O[C@@]2(C)Oc3c(C)c(O)c4c(c3C2=O)C2=NC3(CCNCC3)NC2=C(NC(=O)/C(C)=C\C=C\[C@H](C)C[C@@H](C)C[C@H]1C)C4=O. The number of benzene rings is 1. The van der Waals surface area contributed by atoms with E-state index in [2.05, 4.69) is 42.8 Å². The Bertz CT molecular complexity index is 1880. The van der Waals surface area contributed by atoms with Gasteiger partial charge in [0.05, 0.1) is 28.8 Å². The summed E-state index contributed by atoms with van der Waals surface area (Å²) in [6.07, 6.45) is 11.9. The van der Waals surface area contributed by atoms with Crippen molar-refractivity contribution in [2.24, 2.45) is 28.7 Å². The first-order valence-corrected chi connectivity index (χ1v) is 18.7. The first kappa shape index (κ1) is 38.0. The van der Waals surface area contributed by atoms with Crippen LogP contribution >= 0.6 is 0 Å². The van der Waals surface area contributed by atoms with Gasteiger partial charge < -0.3 is 35.3 Å². The van der Waals surface area contributed by atoms with Crippen LogP contribution in [0.4, 0.5) is 0 Å². The van der Waals surface area contributed by atoms with Crippen LogP contribution in [-0.4, -0.2) is 64.9 Å². The van der Waals surface area contributed by atoms with Gasteiger partial charge in [-0.05, 0) is 75.9 Å². The number of hydrogen-bond acceptors (Lipinski definition) is 11. The number of amides is 1. The molecule has 0 saturated carbocycles. The molecule has 12 nitrogen and oxygen atoms in total. The van der Waals surface area contributed by atoms with E-state index in [1.54, 1.807) is 26.0 Å². The maximum Gasteiger partial charge on any atom is 0.312 e. The van der Waals surface area contributed by atoms with Gasteiger partial charge in [0.25, 0.3) is 11.7 Å². The smallest absolute Gasteiger partial charge is 0.312 e. The number of ether oxygens (including phenoxy) is 3. The van der Waals surface area contributed by atoms with E-state index >= 15 is 0 Å². The first-order valence-electron chi connectivity index (χ1n) is 18.7. The second-order valence-electron chi connectivity index (χ2n) is 15.7. The van der Waals surface area contributed by atoms with Gasteiger partial charge in [0.1, 0.15) is 29.0 Å². The topological polar surface area (TPSA) is 165 Å². The highest BCUT2D eigenvalue weighted by atomic mass is 16.7. The maximum absolute atomic E-state index is 14.5. The van der Waals surface area contributed by atoms with Gasteiger partial charge in [-0.3, -0.25) is 24.2 Å². The molecule has 0 unspecified atom stereocenters. The number of phenolic OH excluding ortho intramolecular Hbond substituents is 1. The lowest BCUT2D eigenvalue weighted by atomic mass is 9.82. The third-order valence-electron chi connectivity index (χ3n) is 11.1. The Morgan fingerprint density at radius 1 is 1.00 bits per heavy atom. The molecule has 4 N–H and O–H groups in total. The van der Waals surface area contributed by atoms with E-state index in [0.717, 1.165) is 12.8 Å². The van der Waals surface area contributed by atoms with Crippen LogP contribution in [0.25, 0.3) is 0 Å². The third kappa shape index (κ3) is 7.17. The van der Waals surface area contributed by atoms with Crippen molar-refractivity contribution in [1.29, 1.82) is 0 Å². The number of aliphatic imine (C=N–C) groups is 1. The summed E-state index contributed by atoms with van der Waals surface area (Å²) in [4.78, 5) is 59.8. The first-order chi connectivity index (χ1) is 25.1. The number of hydrogen-bond donors (Lipinski definition) is 4. The van der Waals surface area contributed by atoms with Crippen molar-refractivity contribution in [3.05, 3.63) is 69.8 Å². The monoisotopic (exact) mass is 728 g/mol. The van der Waals surface area contributed by atoms with Crippen LogP contribution in [-0.2, 0) is 19.1 Å². The van der Waals surface area contributed by atoms with E-state index in [1.165, 1.54) is 20.1 Å². The van der Waals surface area contributed by atoms with Crippen molar-refractivity contribution in [3.8, 4) is 11.5 Å². The predicted molar refractivity (Wildman–Crippen MR) is 199 cm³/mol. The van der Waals surface area contributed by atoms with Crippen LogP contribution in [0.2, 0.25) is 0 Å². The number of Topliss-reactive ketones (excluding diaryl/α,β-unsaturated/α-hetero) is 2. The molecule has 0 aromatic heterocycles. The Labute approximate surface area is 311 Å². The molecule has 0 radical (unpaired) electrons. The van der Waals surface area contributed by atoms with E-state index in [9.17, 15) is 24.3 Å². The van der Waals surface area contributed by atoms with Gasteiger partial charge in [-0.2, -0.15) is 0 Å². The summed E-state index contributed by atoms with van der Waals surface area (Å²) in [5.74, 6) is -3.51. The zero-order valence-corrected chi connectivity index (χ0v) is 32.0. The molecule has 4 aliphatic heterocycles. The average molecular weight is 729 g/mol. The van der Waals surface area contributed by atoms with E-state index < -0.39 is 28.9 Å². The minimum atomic E-state index is -1.81. The Morgan fingerprint density at radius 3 is 2.42 bits per heavy atom. The highest BCUT2D eigenvalue weighted by molar-refractivity contribution is 6.34. The predicted octanol–water partition coefficient (Wildman–Crippen LogP) is 5.68. The quantitative estimate of drug-likeness (QED) is 0.265. The minimum absolute atomic E-state index is 0.0386. The number of phenols is 1. The number of carbonyl (C=O) groups excluding carboxylic acids is 4. The molecule has 1 aromatic rings. The lowest BCUT2D eigenvalue weighted by molar-refractivity contribution is -0.152. The van der Waals surface area contributed by atoms with Crippen LogP contribution in [0, 0.1) is 30.6 Å². The standard InChI is InChI=1S/C41H52N4O8/c1-21-11-9-12-24(4)39(50)43-33-32-31(44-41(45-32)14-16-42-17-15-41)28-29(35(33)48)34(47)26(6)37-30(28)38(49)40(8,53-37)51-18-10-13-23(3)36(52-27(7)46)25(5)20-22(2)19-21/h9-12,18,21-23,25,36,42,45,47H,13-17,19-20H2,1-8H3,(H,43,50)/b11-9+,18-10+,24-12-/t21-,22+,23+,25+,36+,40-/m0/s1. The maximum atomic E-state index is 14.5. The molecule has 1 aromatic carbocycles. The highest BCUT2D eigenvalue weighted by Gasteiger charge is 2.54. The second kappa shape index (κ2) is 14.6. The average Bonchev–Trinajstić information content (AvgIpc) is 3.59. The van der Waals surface area contributed by atoms with E-state index in [4.69, 9.17) is 19.2 Å². The van der Waals surface area contributed by atoms with Crippen molar-refractivity contribution >= 4 is 29.2 Å². The molecule has 5 aliphatic rings. The van der Waals surface area contributed by atoms with Crippen molar-refractivity contribution in [1.82, 2.24) is 16.0 Å². The molecule has 53 heavy (non-hydrogen) atoms. The third-order valence-corrected chi connectivity index (χ3v) is 11.1. The van der Waals surface area contributed by atoms with E-state index in [0.29, 0.717) is 55.3 Å². The van der Waals surface area contributed by atoms with Crippen molar-refractivity contribution in [2.45, 2.75) is 105 Å². The second-order valence-corrected chi connectivity index (χ2v) is 15.7.